The van der Waals surface area contributed by atoms with Crippen molar-refractivity contribution >= 4 is 29.8 Å². The first-order valence-corrected chi connectivity index (χ1v) is 9.46. The van der Waals surface area contributed by atoms with E-state index < -0.39 is 65.9 Å². The molecule has 0 unspecified atom stereocenters. The molecule has 4 atom stereocenters. The van der Waals surface area contributed by atoms with Crippen LogP contribution in [0.15, 0.2) is 63.3 Å². The van der Waals surface area contributed by atoms with Crippen molar-refractivity contribution in [1.29, 1.82) is 0 Å². The molecular weight excluding hydrogens is 508 g/mol. The number of carbonyl (C=O) groups is 5. The molecular formula is C21H24O16. The van der Waals surface area contributed by atoms with Gasteiger partial charge in [0.15, 0.2) is 0 Å². The monoisotopic (exact) mass is 532 g/mol. The Balaban J connectivity index is 7.98. The third-order valence-electron chi connectivity index (χ3n) is 4.06. The maximum Gasteiger partial charge on any atom is 0.451 e. The van der Waals surface area contributed by atoms with Gasteiger partial charge >= 0.3 is 53.2 Å². The van der Waals surface area contributed by atoms with Crippen molar-refractivity contribution in [2.24, 2.45) is 0 Å². The summed E-state index contributed by atoms with van der Waals surface area (Å²) in [7, 11) is 0. The van der Waals surface area contributed by atoms with Crippen LogP contribution in [0.1, 0.15) is 0 Å². The third kappa shape index (κ3) is 6.53. The summed E-state index contributed by atoms with van der Waals surface area (Å²) in [5, 5.41) is 64.4. The van der Waals surface area contributed by atoms with Gasteiger partial charge in [0.1, 0.15) is 6.10 Å². The highest BCUT2D eigenvalue weighted by atomic mass is 16.9. The average Bonchev–Trinajstić information content (AvgIpc) is 2.86. The summed E-state index contributed by atoms with van der Waals surface area (Å²) in [6.07, 6.45) is -1.79. The zero-order valence-corrected chi connectivity index (χ0v) is 19.0. The summed E-state index contributed by atoms with van der Waals surface area (Å²) in [6, 6.07) is 0. The van der Waals surface area contributed by atoms with E-state index in [0.29, 0.717) is 0 Å². The maximum absolute atomic E-state index is 12.1. The van der Waals surface area contributed by atoms with E-state index >= 15 is 0 Å². The minimum Gasteiger partial charge on any atom is -0.419 e. The normalized spacial score (nSPS) is 16.5. The molecule has 16 heteroatoms. The Bertz CT molecular complexity index is 963. The highest BCUT2D eigenvalue weighted by Gasteiger charge is 2.83. The standard InChI is InChI=1S/C21H24O16/c1-6-13(24)33-18(29,12(23)11-22)19(30,34-14(25)7-2)20(31,35-15(26)8-3)21(32,36-16(27)9-4)37-17(28)10-5/h6-10,12,22-23,29-32H,1-5,11H2/t12-,18+,19+,20+/m0/s1. The van der Waals surface area contributed by atoms with Crippen molar-refractivity contribution in [3.05, 3.63) is 63.3 Å². The lowest BCUT2D eigenvalue weighted by Gasteiger charge is -2.51. The molecule has 16 nitrogen and oxygen atoms in total. The Morgan fingerprint density at radius 1 is 0.595 bits per heavy atom. The topological polar surface area (TPSA) is 253 Å². The van der Waals surface area contributed by atoms with Crippen LogP contribution in [0, 0.1) is 0 Å². The van der Waals surface area contributed by atoms with Crippen molar-refractivity contribution in [3.8, 4) is 0 Å². The molecule has 0 fully saturated rings. The second kappa shape index (κ2) is 12.7. The summed E-state index contributed by atoms with van der Waals surface area (Å²) in [5.41, 5.74) is 0. The predicted molar refractivity (Wildman–Crippen MR) is 114 cm³/mol. The lowest BCUT2D eigenvalue weighted by atomic mass is 9.88. The van der Waals surface area contributed by atoms with E-state index in [0.717, 1.165) is 0 Å². The van der Waals surface area contributed by atoms with Gasteiger partial charge in [0.05, 0.1) is 6.61 Å². The van der Waals surface area contributed by atoms with Crippen LogP contribution in [-0.4, -0.2) is 96.5 Å². The van der Waals surface area contributed by atoms with Crippen molar-refractivity contribution in [2.45, 2.75) is 29.4 Å². The molecule has 0 heterocycles. The van der Waals surface area contributed by atoms with Crippen LogP contribution >= 0.6 is 0 Å². The largest absolute Gasteiger partial charge is 0.451 e. The number of aliphatic hydroxyl groups excluding tert-OH is 2. The van der Waals surface area contributed by atoms with Crippen molar-refractivity contribution < 1.29 is 78.3 Å². The zero-order valence-electron chi connectivity index (χ0n) is 19.0. The molecule has 0 saturated heterocycles. The number of carbonyl (C=O) groups excluding carboxylic acids is 5. The van der Waals surface area contributed by atoms with Gasteiger partial charge in [0.25, 0.3) is 0 Å². The third-order valence-corrected chi connectivity index (χ3v) is 4.06. The molecule has 0 aliphatic carbocycles. The second-order valence-electron chi connectivity index (χ2n) is 6.39. The van der Waals surface area contributed by atoms with Gasteiger partial charge in [-0.25, -0.2) is 24.0 Å². The van der Waals surface area contributed by atoms with Crippen LogP contribution in [0.3, 0.4) is 0 Å². The van der Waals surface area contributed by atoms with Gasteiger partial charge in [-0.3, -0.25) is 0 Å². The average molecular weight is 532 g/mol. The molecule has 0 aromatic heterocycles. The van der Waals surface area contributed by atoms with E-state index in [4.69, 9.17) is 0 Å². The molecule has 37 heavy (non-hydrogen) atoms. The van der Waals surface area contributed by atoms with E-state index in [1.165, 1.54) is 0 Å². The molecule has 0 aliphatic heterocycles. The first-order valence-electron chi connectivity index (χ1n) is 9.46. The second-order valence-corrected chi connectivity index (χ2v) is 6.39. The number of rotatable bonds is 15. The molecule has 0 amide bonds. The summed E-state index contributed by atoms with van der Waals surface area (Å²) < 4.78 is 21.9. The van der Waals surface area contributed by atoms with Gasteiger partial charge in [-0.15, -0.1) is 0 Å². The van der Waals surface area contributed by atoms with Gasteiger partial charge in [-0.2, -0.15) is 0 Å². The number of hydrogen-bond donors (Lipinski definition) is 6. The van der Waals surface area contributed by atoms with Crippen LogP contribution < -0.4 is 0 Å². The smallest absolute Gasteiger partial charge is 0.419 e. The fourth-order valence-corrected chi connectivity index (χ4v) is 2.30. The van der Waals surface area contributed by atoms with Crippen LogP contribution in [0.25, 0.3) is 0 Å². The summed E-state index contributed by atoms with van der Waals surface area (Å²) in [6.45, 7) is 13.1. The molecule has 204 valence electrons. The Morgan fingerprint density at radius 3 is 1.22 bits per heavy atom. The van der Waals surface area contributed by atoms with Crippen molar-refractivity contribution in [3.63, 3.8) is 0 Å². The van der Waals surface area contributed by atoms with E-state index in [1.807, 2.05) is 0 Å². The van der Waals surface area contributed by atoms with Crippen LogP contribution in [0.5, 0.6) is 0 Å². The fraction of sp³-hybridized carbons (Fsp3) is 0.286. The Hall–Kier alpha value is -4.19. The fourth-order valence-electron chi connectivity index (χ4n) is 2.30. The van der Waals surface area contributed by atoms with E-state index in [2.05, 4.69) is 56.6 Å². The van der Waals surface area contributed by atoms with Gasteiger partial charge in [0.2, 0.25) is 0 Å². The van der Waals surface area contributed by atoms with Crippen LogP contribution in [0.4, 0.5) is 0 Å². The number of ether oxygens (including phenoxy) is 5. The lowest BCUT2D eigenvalue weighted by molar-refractivity contribution is -0.539. The molecule has 0 aromatic rings. The van der Waals surface area contributed by atoms with Crippen LogP contribution in [-0.2, 0) is 47.7 Å². The molecule has 0 aliphatic rings. The zero-order chi connectivity index (χ0) is 29.2. The predicted octanol–water partition coefficient (Wildman–Crippen LogP) is -3.30. The Labute approximate surface area is 208 Å². The molecule has 0 spiro atoms. The quantitative estimate of drug-likeness (QED) is 0.0522. The first kappa shape index (κ1) is 32.8. The molecule has 6 N–H and O–H groups in total. The van der Waals surface area contributed by atoms with E-state index in [9.17, 15) is 54.6 Å². The molecule has 0 bridgehead atoms. The summed E-state index contributed by atoms with van der Waals surface area (Å²) >= 11 is 0. The van der Waals surface area contributed by atoms with Gasteiger partial charge < -0.3 is 54.3 Å². The highest BCUT2D eigenvalue weighted by Crippen LogP contribution is 2.46. The van der Waals surface area contributed by atoms with Gasteiger partial charge in [-0.1, -0.05) is 32.9 Å². The first-order chi connectivity index (χ1) is 17.0. The number of aliphatic hydroxyl groups is 6. The van der Waals surface area contributed by atoms with Crippen molar-refractivity contribution in [1.82, 2.24) is 0 Å². The van der Waals surface area contributed by atoms with Gasteiger partial charge in [0, 0.05) is 30.4 Å². The highest BCUT2D eigenvalue weighted by molar-refractivity contribution is 5.85. The summed E-state index contributed by atoms with van der Waals surface area (Å²) in [5.74, 6) is -27.8. The molecule has 0 rings (SSSR count). The lowest BCUT2D eigenvalue weighted by Crippen LogP contribution is -2.82. The Kier molecular flexibility index (Phi) is 11.2. The molecule has 0 saturated carbocycles. The van der Waals surface area contributed by atoms with E-state index in [-0.39, 0.29) is 30.4 Å². The Morgan fingerprint density at radius 2 is 0.892 bits per heavy atom. The SMILES string of the molecule is C=CC(=O)OC(O)(OC(=O)C=C)[C@](O)(OC(=O)C=C)[C@](O)(OC(=O)C=C)[C@](O)(OC(=O)C=C)[C@@H](O)CO. The van der Waals surface area contributed by atoms with E-state index in [1.54, 1.807) is 0 Å². The van der Waals surface area contributed by atoms with Crippen LogP contribution in [0.2, 0.25) is 0 Å². The van der Waals surface area contributed by atoms with Crippen molar-refractivity contribution in [2.75, 3.05) is 6.61 Å². The minimum absolute atomic E-state index is 0.211. The van der Waals surface area contributed by atoms with Gasteiger partial charge in [-0.05, 0) is 0 Å². The number of esters is 5. The summed E-state index contributed by atoms with van der Waals surface area (Å²) in [4.78, 5) is 60.0. The minimum atomic E-state index is -4.84. The maximum atomic E-state index is 12.1. The molecule has 0 aromatic carbocycles. The number of hydrogen-bond acceptors (Lipinski definition) is 16. The molecule has 0 radical (unpaired) electrons.